The van der Waals surface area contributed by atoms with E-state index in [1.807, 2.05) is 0 Å². The van der Waals surface area contributed by atoms with Crippen LogP contribution in [-0.2, 0) is 25.4 Å². The summed E-state index contributed by atoms with van der Waals surface area (Å²) in [4.78, 5) is 46.9. The van der Waals surface area contributed by atoms with Crippen molar-refractivity contribution in [3.63, 3.8) is 0 Å². The fraction of sp³-hybridized carbons (Fsp3) is 0.294. The molecule has 0 aliphatic carbocycles. The van der Waals surface area contributed by atoms with Gasteiger partial charge in [0, 0.05) is 13.1 Å². The molecule has 0 spiro atoms. The maximum absolute atomic E-state index is 13.2. The molecular formula is C17H14F6N4O4. The molecule has 8 nitrogen and oxygen atoms in total. The fourth-order valence-corrected chi connectivity index (χ4v) is 2.86. The van der Waals surface area contributed by atoms with Crippen molar-refractivity contribution < 1.29 is 35.9 Å². The Kier molecular flexibility index (Phi) is 6.33. The van der Waals surface area contributed by atoms with Crippen LogP contribution in [-0.4, -0.2) is 20.9 Å². The summed E-state index contributed by atoms with van der Waals surface area (Å²) in [7, 11) is 0. The molecule has 14 heteroatoms. The van der Waals surface area contributed by atoms with Crippen LogP contribution in [0.1, 0.15) is 38.5 Å². The van der Waals surface area contributed by atoms with E-state index in [2.05, 4.69) is 0 Å². The molecule has 0 aliphatic rings. The van der Waals surface area contributed by atoms with Gasteiger partial charge < -0.3 is 20.6 Å². The quantitative estimate of drug-likeness (QED) is 0.641. The monoisotopic (exact) mass is 452 g/mol. The van der Waals surface area contributed by atoms with Crippen molar-refractivity contribution in [2.75, 3.05) is 0 Å². The standard InChI is InChI=1S/C17H14F6N4O4/c18-16(19,20)10-4-2-8(12(24)28)14(30)26(10)6-1-7-27-11(17(21,22)23)5-3-9(13(25)29)15(27)31/h2-5H,1,6-7H2,(H2,24,28)(H2,25,29). The molecule has 2 aromatic rings. The maximum Gasteiger partial charge on any atom is 0.431 e. The highest BCUT2D eigenvalue weighted by Gasteiger charge is 2.36. The van der Waals surface area contributed by atoms with Crippen LogP contribution >= 0.6 is 0 Å². The van der Waals surface area contributed by atoms with Gasteiger partial charge in [0.25, 0.3) is 22.9 Å². The van der Waals surface area contributed by atoms with Crippen molar-refractivity contribution in [2.24, 2.45) is 11.5 Å². The largest absolute Gasteiger partial charge is 0.431 e. The second-order valence-corrected chi connectivity index (χ2v) is 6.26. The zero-order valence-electron chi connectivity index (χ0n) is 15.4. The van der Waals surface area contributed by atoms with Gasteiger partial charge in [0.05, 0.1) is 0 Å². The number of nitrogens with two attached hydrogens (primary N) is 2. The Morgan fingerprint density at radius 3 is 1.29 bits per heavy atom. The van der Waals surface area contributed by atoms with E-state index in [-0.39, 0.29) is 9.13 Å². The van der Waals surface area contributed by atoms with Gasteiger partial charge in [-0.15, -0.1) is 0 Å². The van der Waals surface area contributed by atoms with Crippen molar-refractivity contribution >= 4 is 11.8 Å². The molecule has 168 valence electrons. The first-order valence-electron chi connectivity index (χ1n) is 8.38. The minimum atomic E-state index is -5.02. The van der Waals surface area contributed by atoms with E-state index in [0.29, 0.717) is 24.3 Å². The SMILES string of the molecule is NC(=O)c1ccc(C(F)(F)F)n(CCCn2c(C(F)(F)F)ccc(C(N)=O)c2=O)c1=O. The summed E-state index contributed by atoms with van der Waals surface area (Å²) in [5.74, 6) is -2.59. The number of halogens is 6. The van der Waals surface area contributed by atoms with E-state index in [9.17, 15) is 45.5 Å². The number of pyridine rings is 2. The van der Waals surface area contributed by atoms with Gasteiger partial charge in [0.15, 0.2) is 0 Å². The van der Waals surface area contributed by atoms with Crippen LogP contribution in [0.15, 0.2) is 33.9 Å². The van der Waals surface area contributed by atoms with E-state index >= 15 is 0 Å². The highest BCUT2D eigenvalue weighted by molar-refractivity contribution is 5.92. The molecule has 0 saturated heterocycles. The Balaban J connectivity index is 2.49. The zero-order chi connectivity index (χ0) is 23.7. The number of aromatic nitrogens is 2. The summed E-state index contributed by atoms with van der Waals surface area (Å²) in [6.07, 6.45) is -10.6. The van der Waals surface area contributed by atoms with Crippen molar-refractivity contribution in [3.8, 4) is 0 Å². The molecule has 0 atom stereocenters. The van der Waals surface area contributed by atoms with Gasteiger partial charge in [-0.2, -0.15) is 26.3 Å². The first-order chi connectivity index (χ1) is 14.2. The molecule has 0 aliphatic heterocycles. The predicted molar refractivity (Wildman–Crippen MR) is 93.1 cm³/mol. The summed E-state index contributed by atoms with van der Waals surface area (Å²) in [6, 6.07) is 2.05. The van der Waals surface area contributed by atoms with Crippen LogP contribution in [0.5, 0.6) is 0 Å². The van der Waals surface area contributed by atoms with Crippen LogP contribution in [0.2, 0.25) is 0 Å². The van der Waals surface area contributed by atoms with Crippen LogP contribution in [0, 0.1) is 0 Å². The Bertz CT molecular complexity index is 1060. The third-order valence-electron chi connectivity index (χ3n) is 4.22. The van der Waals surface area contributed by atoms with Gasteiger partial charge >= 0.3 is 12.4 Å². The molecule has 0 unspecified atom stereocenters. The first-order valence-corrected chi connectivity index (χ1v) is 8.38. The topological polar surface area (TPSA) is 130 Å². The van der Waals surface area contributed by atoms with Gasteiger partial charge in [-0.05, 0) is 30.7 Å². The minimum absolute atomic E-state index is 0.135. The highest BCUT2D eigenvalue weighted by atomic mass is 19.4. The average molecular weight is 452 g/mol. The molecule has 0 saturated carbocycles. The van der Waals surface area contributed by atoms with E-state index in [4.69, 9.17) is 11.5 Å². The molecular weight excluding hydrogens is 438 g/mol. The number of amides is 2. The lowest BCUT2D eigenvalue weighted by atomic mass is 10.2. The van der Waals surface area contributed by atoms with Gasteiger partial charge in [0.1, 0.15) is 22.5 Å². The molecule has 2 amide bonds. The van der Waals surface area contributed by atoms with E-state index in [1.54, 1.807) is 0 Å². The number of hydrogen-bond acceptors (Lipinski definition) is 4. The lowest BCUT2D eigenvalue weighted by Crippen LogP contribution is -2.36. The highest BCUT2D eigenvalue weighted by Crippen LogP contribution is 2.30. The van der Waals surface area contributed by atoms with Crippen molar-refractivity contribution in [1.29, 1.82) is 0 Å². The van der Waals surface area contributed by atoms with E-state index < -0.39 is 77.3 Å². The van der Waals surface area contributed by atoms with Crippen molar-refractivity contribution in [2.45, 2.75) is 31.9 Å². The number of carbonyl (C=O) groups is 2. The van der Waals surface area contributed by atoms with Gasteiger partial charge in [-0.25, -0.2) is 0 Å². The number of alkyl halides is 6. The van der Waals surface area contributed by atoms with Gasteiger partial charge in [-0.3, -0.25) is 19.2 Å². The third kappa shape index (κ3) is 4.95. The number of rotatable bonds is 6. The fourth-order valence-electron chi connectivity index (χ4n) is 2.86. The summed E-state index contributed by atoms with van der Waals surface area (Å²) < 4.78 is 79.5. The molecule has 4 N–H and O–H groups in total. The summed E-state index contributed by atoms with van der Waals surface area (Å²) in [5, 5.41) is 0. The predicted octanol–water partition coefficient (Wildman–Crippen LogP) is 1.34. The van der Waals surface area contributed by atoms with Crippen molar-refractivity contribution in [1.82, 2.24) is 9.13 Å². The number of primary amides is 2. The number of hydrogen-bond donors (Lipinski definition) is 2. The number of carbonyl (C=O) groups excluding carboxylic acids is 2. The Labute approximate surface area is 168 Å². The molecule has 0 fully saturated rings. The van der Waals surface area contributed by atoms with Crippen LogP contribution in [0.4, 0.5) is 26.3 Å². The van der Waals surface area contributed by atoms with Crippen LogP contribution < -0.4 is 22.6 Å². The van der Waals surface area contributed by atoms with E-state index in [0.717, 1.165) is 0 Å². The maximum atomic E-state index is 13.2. The third-order valence-corrected chi connectivity index (χ3v) is 4.22. The molecule has 2 aromatic heterocycles. The minimum Gasteiger partial charge on any atom is -0.365 e. The second-order valence-electron chi connectivity index (χ2n) is 6.26. The molecule has 2 rings (SSSR count). The lowest BCUT2D eigenvalue weighted by Gasteiger charge is -2.18. The lowest BCUT2D eigenvalue weighted by molar-refractivity contribution is -0.144. The smallest absolute Gasteiger partial charge is 0.365 e. The second kappa shape index (κ2) is 8.28. The molecule has 0 radical (unpaired) electrons. The molecule has 0 bridgehead atoms. The summed E-state index contributed by atoms with van der Waals surface area (Å²) in [5.41, 5.74) is 2.68. The Morgan fingerprint density at radius 2 is 1.03 bits per heavy atom. The average Bonchev–Trinajstić information content (AvgIpc) is 2.61. The first kappa shape index (κ1) is 23.7. The number of nitrogens with zero attached hydrogens (tertiary/aromatic N) is 2. The van der Waals surface area contributed by atoms with Crippen LogP contribution in [0.25, 0.3) is 0 Å². The summed E-state index contributed by atoms with van der Waals surface area (Å²) in [6.45, 7) is -1.61. The summed E-state index contributed by atoms with van der Waals surface area (Å²) >= 11 is 0. The van der Waals surface area contributed by atoms with Gasteiger partial charge in [-0.1, -0.05) is 0 Å². The van der Waals surface area contributed by atoms with E-state index in [1.165, 1.54) is 0 Å². The Hall–Kier alpha value is -3.58. The van der Waals surface area contributed by atoms with Crippen LogP contribution in [0.3, 0.4) is 0 Å². The van der Waals surface area contributed by atoms with Crippen molar-refractivity contribution in [3.05, 3.63) is 67.5 Å². The molecule has 31 heavy (non-hydrogen) atoms. The molecule has 2 heterocycles. The normalized spacial score (nSPS) is 12.1. The molecule has 0 aromatic carbocycles. The van der Waals surface area contributed by atoms with Gasteiger partial charge in [0.2, 0.25) is 0 Å². The zero-order valence-corrected chi connectivity index (χ0v) is 15.4. The Morgan fingerprint density at radius 1 is 0.710 bits per heavy atom.